The van der Waals surface area contributed by atoms with Crippen LogP contribution in [0.1, 0.15) is 0 Å². The van der Waals surface area contributed by atoms with E-state index in [2.05, 4.69) is 15.3 Å². The highest BCUT2D eigenvalue weighted by atomic mass is 32.2. The quantitative estimate of drug-likeness (QED) is 0.479. The molecule has 0 atom stereocenters. The normalized spacial score (nSPS) is 10.2. The molecule has 1 heterocycles. The first-order valence-corrected chi connectivity index (χ1v) is 7.10. The minimum Gasteiger partial charge on any atom is -0.492 e. The van der Waals surface area contributed by atoms with E-state index in [1.54, 1.807) is 6.07 Å². The molecule has 0 aliphatic rings. The maximum absolute atomic E-state index is 5.69. The van der Waals surface area contributed by atoms with Gasteiger partial charge in [0.05, 0.1) is 6.54 Å². The van der Waals surface area contributed by atoms with Gasteiger partial charge in [0.25, 0.3) is 0 Å². The van der Waals surface area contributed by atoms with E-state index in [-0.39, 0.29) is 0 Å². The fourth-order valence-corrected chi connectivity index (χ4v) is 1.88. The van der Waals surface area contributed by atoms with Gasteiger partial charge in [0, 0.05) is 6.07 Å². The molecule has 0 aliphatic carbocycles. The standard InChI is InChI=1S/C13H16N4OS/c1-19-13-16-11(14)9-12(17-13)15-7-8-18-10-5-3-2-4-6-10/h2-6,9H,7-8H2,1H3,(H3,14,15,16,17). The van der Waals surface area contributed by atoms with Crippen molar-refractivity contribution >= 4 is 23.4 Å². The fourth-order valence-electron chi connectivity index (χ4n) is 1.49. The zero-order chi connectivity index (χ0) is 13.5. The van der Waals surface area contributed by atoms with Crippen LogP contribution in [-0.4, -0.2) is 29.4 Å². The van der Waals surface area contributed by atoms with Gasteiger partial charge in [-0.3, -0.25) is 0 Å². The van der Waals surface area contributed by atoms with Crippen LogP contribution >= 0.6 is 11.8 Å². The zero-order valence-corrected chi connectivity index (χ0v) is 11.5. The predicted molar refractivity (Wildman–Crippen MR) is 78.7 cm³/mol. The van der Waals surface area contributed by atoms with Crippen molar-refractivity contribution in [1.82, 2.24) is 9.97 Å². The number of aromatic nitrogens is 2. The third-order valence-corrected chi connectivity index (χ3v) is 2.88. The van der Waals surface area contributed by atoms with Gasteiger partial charge in [0.15, 0.2) is 5.16 Å². The van der Waals surface area contributed by atoms with Crippen molar-refractivity contribution in [3.05, 3.63) is 36.4 Å². The van der Waals surface area contributed by atoms with Crippen molar-refractivity contribution < 1.29 is 4.74 Å². The van der Waals surface area contributed by atoms with Crippen LogP contribution in [-0.2, 0) is 0 Å². The molecule has 0 spiro atoms. The molecule has 0 fully saturated rings. The molecule has 0 saturated heterocycles. The highest BCUT2D eigenvalue weighted by Gasteiger charge is 2.01. The maximum Gasteiger partial charge on any atom is 0.191 e. The lowest BCUT2D eigenvalue weighted by Gasteiger charge is -2.09. The molecule has 1 aromatic carbocycles. The lowest BCUT2D eigenvalue weighted by Crippen LogP contribution is -2.13. The van der Waals surface area contributed by atoms with Crippen molar-refractivity contribution in [3.8, 4) is 5.75 Å². The maximum atomic E-state index is 5.69. The molecule has 0 bridgehead atoms. The molecule has 0 aliphatic heterocycles. The summed E-state index contributed by atoms with van der Waals surface area (Å²) < 4.78 is 5.57. The molecule has 1 aromatic heterocycles. The van der Waals surface area contributed by atoms with E-state index in [0.717, 1.165) is 5.75 Å². The van der Waals surface area contributed by atoms with Crippen LogP contribution in [0.2, 0.25) is 0 Å². The van der Waals surface area contributed by atoms with Crippen molar-refractivity contribution in [2.24, 2.45) is 0 Å². The van der Waals surface area contributed by atoms with Gasteiger partial charge in [0.1, 0.15) is 24.0 Å². The van der Waals surface area contributed by atoms with Gasteiger partial charge < -0.3 is 15.8 Å². The second-order valence-electron chi connectivity index (χ2n) is 3.75. The summed E-state index contributed by atoms with van der Waals surface area (Å²) in [6.45, 7) is 1.21. The molecule has 19 heavy (non-hydrogen) atoms. The third-order valence-electron chi connectivity index (χ3n) is 2.33. The largest absolute Gasteiger partial charge is 0.492 e. The lowest BCUT2D eigenvalue weighted by molar-refractivity contribution is 0.332. The van der Waals surface area contributed by atoms with E-state index in [4.69, 9.17) is 10.5 Å². The van der Waals surface area contributed by atoms with Crippen molar-refractivity contribution in [1.29, 1.82) is 0 Å². The Morgan fingerprint density at radius 1 is 1.26 bits per heavy atom. The number of ether oxygens (including phenoxy) is 1. The van der Waals surface area contributed by atoms with E-state index in [1.807, 2.05) is 36.6 Å². The van der Waals surface area contributed by atoms with E-state index in [9.17, 15) is 0 Å². The summed E-state index contributed by atoms with van der Waals surface area (Å²) in [6.07, 6.45) is 1.91. The molecular weight excluding hydrogens is 260 g/mol. The number of nitrogens with one attached hydrogen (secondary N) is 1. The Labute approximate surface area is 116 Å². The van der Waals surface area contributed by atoms with Crippen molar-refractivity contribution in [2.75, 3.05) is 30.5 Å². The minimum absolute atomic E-state index is 0.464. The van der Waals surface area contributed by atoms with Gasteiger partial charge in [-0.25, -0.2) is 9.97 Å². The topological polar surface area (TPSA) is 73.1 Å². The van der Waals surface area contributed by atoms with Gasteiger partial charge in [-0.2, -0.15) is 0 Å². The van der Waals surface area contributed by atoms with Crippen LogP contribution in [0.5, 0.6) is 5.75 Å². The van der Waals surface area contributed by atoms with E-state index in [1.165, 1.54) is 11.8 Å². The third kappa shape index (κ3) is 4.33. The summed E-state index contributed by atoms with van der Waals surface area (Å²) in [6, 6.07) is 11.4. The van der Waals surface area contributed by atoms with Crippen LogP contribution in [0.15, 0.2) is 41.6 Å². The number of hydrogen-bond acceptors (Lipinski definition) is 6. The average molecular weight is 276 g/mol. The molecule has 2 aromatic rings. The number of benzene rings is 1. The van der Waals surface area contributed by atoms with Gasteiger partial charge in [-0.05, 0) is 18.4 Å². The molecule has 0 saturated carbocycles. The zero-order valence-electron chi connectivity index (χ0n) is 10.7. The Morgan fingerprint density at radius 3 is 2.79 bits per heavy atom. The van der Waals surface area contributed by atoms with Crippen LogP contribution < -0.4 is 15.8 Å². The summed E-state index contributed by atoms with van der Waals surface area (Å²) in [5, 5.41) is 3.82. The number of para-hydroxylation sites is 1. The Kier molecular flexibility index (Phi) is 4.85. The van der Waals surface area contributed by atoms with Gasteiger partial charge in [0.2, 0.25) is 0 Å². The predicted octanol–water partition coefficient (Wildman–Crippen LogP) is 2.27. The number of thioether (sulfide) groups is 1. The van der Waals surface area contributed by atoms with Gasteiger partial charge >= 0.3 is 0 Å². The Hall–Kier alpha value is -1.95. The first kappa shape index (κ1) is 13.5. The van der Waals surface area contributed by atoms with E-state index in [0.29, 0.717) is 29.9 Å². The van der Waals surface area contributed by atoms with Gasteiger partial charge in [-0.1, -0.05) is 30.0 Å². The molecule has 0 radical (unpaired) electrons. The number of anilines is 2. The average Bonchev–Trinajstić information content (AvgIpc) is 2.44. The molecule has 6 heteroatoms. The van der Waals surface area contributed by atoms with Crippen LogP contribution in [0, 0.1) is 0 Å². The van der Waals surface area contributed by atoms with Crippen LogP contribution in [0.3, 0.4) is 0 Å². The summed E-state index contributed by atoms with van der Waals surface area (Å²) in [5.41, 5.74) is 5.69. The fraction of sp³-hybridized carbons (Fsp3) is 0.231. The number of rotatable bonds is 6. The molecule has 5 nitrogen and oxygen atoms in total. The number of nitrogens with two attached hydrogens (primary N) is 1. The smallest absolute Gasteiger partial charge is 0.191 e. The molecule has 100 valence electrons. The molecule has 2 rings (SSSR count). The van der Waals surface area contributed by atoms with Crippen molar-refractivity contribution in [3.63, 3.8) is 0 Å². The summed E-state index contributed by atoms with van der Waals surface area (Å²) >= 11 is 1.46. The van der Waals surface area contributed by atoms with Crippen LogP contribution in [0.25, 0.3) is 0 Å². The Bertz CT molecular complexity index is 521. The highest BCUT2D eigenvalue weighted by Crippen LogP contribution is 2.15. The Morgan fingerprint density at radius 2 is 2.05 bits per heavy atom. The van der Waals surface area contributed by atoms with Gasteiger partial charge in [-0.15, -0.1) is 0 Å². The number of nitrogens with zero attached hydrogens (tertiary/aromatic N) is 2. The van der Waals surface area contributed by atoms with E-state index < -0.39 is 0 Å². The highest BCUT2D eigenvalue weighted by molar-refractivity contribution is 7.98. The SMILES string of the molecule is CSc1nc(N)cc(NCCOc2ccccc2)n1. The Balaban J connectivity index is 1.81. The monoisotopic (exact) mass is 276 g/mol. The molecule has 0 amide bonds. The first-order chi connectivity index (χ1) is 9.28. The van der Waals surface area contributed by atoms with E-state index >= 15 is 0 Å². The lowest BCUT2D eigenvalue weighted by atomic mass is 10.3. The summed E-state index contributed by atoms with van der Waals surface area (Å²) in [7, 11) is 0. The summed E-state index contributed by atoms with van der Waals surface area (Å²) in [5.74, 6) is 2.04. The number of hydrogen-bond donors (Lipinski definition) is 2. The first-order valence-electron chi connectivity index (χ1n) is 5.88. The molecular formula is C13H16N4OS. The van der Waals surface area contributed by atoms with Crippen LogP contribution in [0.4, 0.5) is 11.6 Å². The second-order valence-corrected chi connectivity index (χ2v) is 4.53. The summed E-state index contributed by atoms with van der Waals surface area (Å²) in [4.78, 5) is 8.39. The second kappa shape index (κ2) is 6.84. The van der Waals surface area contributed by atoms with Crippen molar-refractivity contribution in [2.45, 2.75) is 5.16 Å². The molecule has 3 N–H and O–H groups in total. The minimum atomic E-state index is 0.464. The molecule has 0 unspecified atom stereocenters. The number of nitrogen functional groups attached to an aromatic ring is 1.